The molecule has 0 bridgehead atoms. The van der Waals surface area contributed by atoms with Gasteiger partial charge in [-0.1, -0.05) is 6.92 Å². The smallest absolute Gasteiger partial charge is 0.229 e. The average molecular weight is 521 g/mol. The number of likely N-dealkylation sites (N-methyl/N-ethyl adjacent to an activating group) is 1. The maximum absolute atomic E-state index is 15.3. The number of nitrogens with zero attached hydrogens (tertiary/aromatic N) is 7. The molecule has 4 aromatic heterocycles. The van der Waals surface area contributed by atoms with Crippen molar-refractivity contribution in [1.82, 2.24) is 34.0 Å². The first kappa shape index (κ1) is 24.3. The van der Waals surface area contributed by atoms with Gasteiger partial charge in [0.15, 0.2) is 11.6 Å². The lowest BCUT2D eigenvalue weighted by atomic mass is 10.0. The van der Waals surface area contributed by atoms with Gasteiger partial charge in [-0.3, -0.25) is 14.4 Å². The number of aryl methyl sites for hydroxylation is 1. The molecule has 0 spiro atoms. The van der Waals surface area contributed by atoms with Gasteiger partial charge in [0.2, 0.25) is 11.8 Å². The van der Waals surface area contributed by atoms with Crippen LogP contribution in [0.25, 0.3) is 16.9 Å². The van der Waals surface area contributed by atoms with Crippen molar-refractivity contribution < 1.29 is 18.7 Å². The van der Waals surface area contributed by atoms with Crippen molar-refractivity contribution in [2.24, 2.45) is 13.0 Å². The number of imidazole rings is 1. The van der Waals surface area contributed by atoms with Crippen LogP contribution in [0.1, 0.15) is 31.4 Å². The molecular weight excluding hydrogens is 491 g/mol. The van der Waals surface area contributed by atoms with Crippen LogP contribution in [0.3, 0.4) is 0 Å². The lowest BCUT2D eigenvalue weighted by Gasteiger charge is -2.39. The van der Waals surface area contributed by atoms with Crippen LogP contribution in [0.15, 0.2) is 37.1 Å². The van der Waals surface area contributed by atoms with E-state index in [-0.39, 0.29) is 17.7 Å². The maximum Gasteiger partial charge on any atom is 0.229 e. The molecule has 12 heteroatoms. The molecular formula is C26H29FN8O3. The fourth-order valence-corrected chi connectivity index (χ4v) is 5.06. The van der Waals surface area contributed by atoms with Gasteiger partial charge < -0.3 is 19.2 Å². The Morgan fingerprint density at radius 1 is 1.26 bits per heavy atom. The normalized spacial score (nSPS) is 20.8. The number of amides is 1. The summed E-state index contributed by atoms with van der Waals surface area (Å²) in [5.74, 6) is 0.518. The average Bonchev–Trinajstić information content (AvgIpc) is 3.50. The van der Waals surface area contributed by atoms with Crippen LogP contribution in [-0.2, 0) is 11.8 Å². The topological polar surface area (TPSA) is 112 Å². The summed E-state index contributed by atoms with van der Waals surface area (Å²) in [6, 6.07) is 3.46. The Balaban J connectivity index is 1.18. The minimum absolute atomic E-state index is 0.000539. The second kappa shape index (κ2) is 9.67. The van der Waals surface area contributed by atoms with Crippen molar-refractivity contribution in [2.45, 2.75) is 31.7 Å². The Morgan fingerprint density at radius 2 is 2.13 bits per heavy atom. The zero-order valence-corrected chi connectivity index (χ0v) is 21.5. The molecule has 0 radical (unpaired) electrons. The van der Waals surface area contributed by atoms with Gasteiger partial charge in [0.05, 0.1) is 30.8 Å². The van der Waals surface area contributed by atoms with Gasteiger partial charge in [0.1, 0.15) is 30.1 Å². The Bertz CT molecular complexity index is 1500. The molecule has 2 aliphatic rings. The summed E-state index contributed by atoms with van der Waals surface area (Å²) < 4.78 is 29.8. The number of anilines is 1. The number of likely N-dealkylation sites (tertiary alicyclic amines) is 1. The second-order valence-corrected chi connectivity index (χ2v) is 9.71. The standard InChI is InChI=1S/C26H29FN8O3/c1-4-34-6-5-15(34)13-38-21-10-30-33(2)25(21)18-11-35-12-22(31-23(35)8-19(18)27)32-26(36)17-7-16(17)20-9-24(37-3)29-14-28-20/h8-12,14-17H,4-7,13H2,1-3H3,(H,32,36)/t15-,16+,17-/m1/s1. The highest BCUT2D eigenvalue weighted by atomic mass is 19.1. The van der Waals surface area contributed by atoms with E-state index in [1.807, 2.05) is 0 Å². The predicted molar refractivity (Wildman–Crippen MR) is 137 cm³/mol. The first-order valence-corrected chi connectivity index (χ1v) is 12.7. The Kier molecular flexibility index (Phi) is 6.18. The first-order chi connectivity index (χ1) is 18.4. The quantitative estimate of drug-likeness (QED) is 0.359. The molecule has 11 nitrogen and oxygen atoms in total. The Morgan fingerprint density at radius 3 is 2.89 bits per heavy atom. The number of hydrogen-bond acceptors (Lipinski definition) is 8. The van der Waals surface area contributed by atoms with E-state index in [4.69, 9.17) is 9.47 Å². The highest BCUT2D eigenvalue weighted by Gasteiger charge is 2.45. The van der Waals surface area contributed by atoms with E-state index in [2.05, 4.69) is 37.2 Å². The number of nitrogens with one attached hydrogen (secondary N) is 1. The van der Waals surface area contributed by atoms with Crippen molar-refractivity contribution >= 4 is 17.4 Å². The van der Waals surface area contributed by atoms with E-state index < -0.39 is 5.82 Å². The van der Waals surface area contributed by atoms with Crippen LogP contribution in [0.4, 0.5) is 10.2 Å². The molecule has 0 unspecified atom stereocenters. The zero-order valence-electron chi connectivity index (χ0n) is 21.5. The summed E-state index contributed by atoms with van der Waals surface area (Å²) >= 11 is 0. The van der Waals surface area contributed by atoms with Crippen molar-refractivity contribution in [3.63, 3.8) is 0 Å². The number of ether oxygens (including phenoxy) is 2. The molecule has 2 fully saturated rings. The molecule has 6 rings (SSSR count). The van der Waals surface area contributed by atoms with Crippen LogP contribution in [-0.4, -0.2) is 72.8 Å². The van der Waals surface area contributed by atoms with E-state index in [9.17, 15) is 4.79 Å². The molecule has 198 valence electrons. The maximum atomic E-state index is 15.3. The number of rotatable bonds is 9. The van der Waals surface area contributed by atoms with Crippen molar-refractivity contribution in [3.8, 4) is 22.9 Å². The van der Waals surface area contributed by atoms with E-state index in [0.717, 1.165) is 25.2 Å². The largest absolute Gasteiger partial charge is 0.488 e. The summed E-state index contributed by atoms with van der Waals surface area (Å²) in [4.78, 5) is 27.9. The molecule has 1 aliphatic heterocycles. The second-order valence-electron chi connectivity index (χ2n) is 9.71. The van der Waals surface area contributed by atoms with Crippen LogP contribution < -0.4 is 14.8 Å². The molecule has 5 heterocycles. The number of pyridine rings is 1. The number of fused-ring (bicyclic) bond motifs is 1. The van der Waals surface area contributed by atoms with Crippen LogP contribution in [0.2, 0.25) is 0 Å². The summed E-state index contributed by atoms with van der Waals surface area (Å²) in [5, 5.41) is 7.16. The minimum atomic E-state index is -0.451. The number of hydrogen-bond donors (Lipinski definition) is 1. The molecule has 4 aromatic rings. The monoisotopic (exact) mass is 520 g/mol. The van der Waals surface area contributed by atoms with Crippen LogP contribution >= 0.6 is 0 Å². The highest BCUT2D eigenvalue weighted by molar-refractivity contribution is 5.94. The Hall–Kier alpha value is -4.06. The number of halogens is 1. The van der Waals surface area contributed by atoms with Gasteiger partial charge in [-0.2, -0.15) is 5.10 Å². The predicted octanol–water partition coefficient (Wildman–Crippen LogP) is 2.89. The van der Waals surface area contributed by atoms with E-state index >= 15 is 4.39 Å². The zero-order chi connectivity index (χ0) is 26.4. The fraction of sp³-hybridized carbons (Fsp3) is 0.423. The summed E-state index contributed by atoms with van der Waals surface area (Å²) in [5.41, 5.74) is 2.04. The first-order valence-electron chi connectivity index (χ1n) is 12.7. The van der Waals surface area contributed by atoms with Gasteiger partial charge in [-0.15, -0.1) is 0 Å². The van der Waals surface area contributed by atoms with Crippen molar-refractivity contribution in [1.29, 1.82) is 0 Å². The lowest BCUT2D eigenvalue weighted by molar-refractivity contribution is -0.117. The van der Waals surface area contributed by atoms with E-state index in [0.29, 0.717) is 53.4 Å². The number of carbonyl (C=O) groups excluding carboxylic acids is 1. The van der Waals surface area contributed by atoms with E-state index in [1.54, 1.807) is 40.8 Å². The third-order valence-electron chi connectivity index (χ3n) is 7.44. The Labute approximate surface area is 218 Å². The van der Waals surface area contributed by atoms with Crippen molar-refractivity contribution in [3.05, 3.63) is 48.6 Å². The minimum Gasteiger partial charge on any atom is -0.488 e. The highest BCUT2D eigenvalue weighted by Crippen LogP contribution is 2.47. The number of methoxy groups -OCH3 is 1. The van der Waals surface area contributed by atoms with Crippen molar-refractivity contribution in [2.75, 3.05) is 32.1 Å². The molecule has 1 N–H and O–H groups in total. The molecule has 3 atom stereocenters. The molecule has 1 amide bonds. The molecule has 1 saturated carbocycles. The fourth-order valence-electron chi connectivity index (χ4n) is 5.06. The van der Waals surface area contributed by atoms with Gasteiger partial charge in [0, 0.05) is 49.8 Å². The number of carbonyl (C=O) groups is 1. The SMILES string of the molecule is CCN1CC[C@@H]1COc1cnn(C)c1-c1cn2cc(NC(=O)[C@@H]3C[C@@H]3c3cc(OC)ncn3)nc2cc1F. The van der Waals surface area contributed by atoms with Gasteiger partial charge in [-0.25, -0.2) is 19.3 Å². The lowest BCUT2D eigenvalue weighted by Crippen LogP contribution is -2.50. The van der Waals surface area contributed by atoms with E-state index in [1.165, 1.54) is 19.5 Å². The summed E-state index contributed by atoms with van der Waals surface area (Å²) in [6.07, 6.45) is 8.13. The third kappa shape index (κ3) is 4.44. The molecule has 1 aliphatic carbocycles. The van der Waals surface area contributed by atoms with Gasteiger partial charge in [0.25, 0.3) is 0 Å². The molecule has 1 saturated heterocycles. The third-order valence-corrected chi connectivity index (χ3v) is 7.44. The number of aromatic nitrogens is 6. The van der Waals surface area contributed by atoms with Gasteiger partial charge in [-0.05, 0) is 19.4 Å². The summed E-state index contributed by atoms with van der Waals surface area (Å²) in [6.45, 7) is 4.72. The van der Waals surface area contributed by atoms with Crippen LogP contribution in [0, 0.1) is 11.7 Å². The molecule has 0 aromatic carbocycles. The molecule has 38 heavy (non-hydrogen) atoms. The van der Waals surface area contributed by atoms with Crippen LogP contribution in [0.5, 0.6) is 11.6 Å². The summed E-state index contributed by atoms with van der Waals surface area (Å²) in [7, 11) is 3.30. The van der Waals surface area contributed by atoms with Gasteiger partial charge >= 0.3 is 0 Å².